The summed E-state index contributed by atoms with van der Waals surface area (Å²) >= 11 is 2.17. The van der Waals surface area contributed by atoms with Crippen molar-refractivity contribution in [1.82, 2.24) is 10.5 Å². The Morgan fingerprint density at radius 1 is 1.50 bits per heavy atom. The van der Waals surface area contributed by atoms with Crippen molar-refractivity contribution in [1.29, 1.82) is 0 Å². The molecule has 0 saturated carbocycles. The monoisotopic (exact) mass is 345 g/mol. The lowest BCUT2D eigenvalue weighted by Gasteiger charge is -2.24. The highest BCUT2D eigenvalue weighted by Crippen LogP contribution is 2.19. The number of nitrogens with two attached hydrogens (primary N) is 1. The molecule has 0 aromatic carbocycles. The number of hydroxylamine groups is 3. The topological polar surface area (TPSA) is 68.8 Å². The van der Waals surface area contributed by atoms with E-state index >= 15 is 0 Å². The number of hydrogen-bond donors (Lipinski definition) is 2. The van der Waals surface area contributed by atoms with E-state index in [4.69, 9.17) is 20.4 Å². The van der Waals surface area contributed by atoms with Crippen molar-refractivity contribution in [2.24, 2.45) is 5.90 Å². The summed E-state index contributed by atoms with van der Waals surface area (Å²) in [6, 6.07) is 0. The molecular weight excluding hydrogens is 325 g/mol. The molecule has 0 bridgehead atoms. The third-order valence-electron chi connectivity index (χ3n) is 2.24. The van der Waals surface area contributed by atoms with Gasteiger partial charge in [-0.25, -0.2) is 5.90 Å². The molecule has 1 aliphatic rings. The van der Waals surface area contributed by atoms with Gasteiger partial charge in [-0.05, 0) is 20.3 Å². The average molecular weight is 345 g/mol. The van der Waals surface area contributed by atoms with E-state index in [1.165, 1.54) is 0 Å². The van der Waals surface area contributed by atoms with Gasteiger partial charge in [0, 0.05) is 19.5 Å². The van der Waals surface area contributed by atoms with Gasteiger partial charge in [0.05, 0.1) is 10.2 Å². The summed E-state index contributed by atoms with van der Waals surface area (Å²) in [5, 5.41) is 1.86. The number of halogens is 1. The molecule has 3 N–H and O–H groups in total. The van der Waals surface area contributed by atoms with Crippen LogP contribution in [0.5, 0.6) is 0 Å². The Labute approximate surface area is 110 Å². The first-order valence-electron chi connectivity index (χ1n) is 5.31. The van der Waals surface area contributed by atoms with Gasteiger partial charge in [0.1, 0.15) is 0 Å². The first-order valence-corrected chi connectivity index (χ1v) is 6.84. The predicted octanol–water partition coefficient (Wildman–Crippen LogP) is 0.923. The first-order chi connectivity index (χ1) is 7.57. The summed E-state index contributed by atoms with van der Waals surface area (Å²) in [6.07, 6.45) is 1.21. The molecule has 7 heteroatoms. The van der Waals surface area contributed by atoms with E-state index in [2.05, 4.69) is 28.1 Å². The highest BCUT2D eigenvalue weighted by atomic mass is 127. The minimum atomic E-state index is -0.353. The summed E-state index contributed by atoms with van der Waals surface area (Å²) in [4.78, 5) is 15.8. The SMILES string of the molecule is CC(C)(CCC(ONCI)ON1CC1)ON. The molecule has 0 aromatic heterocycles. The zero-order chi connectivity index (χ0) is 12.0. The molecule has 0 spiro atoms. The zero-order valence-corrected chi connectivity index (χ0v) is 11.9. The molecule has 1 heterocycles. The molecule has 1 atom stereocenters. The van der Waals surface area contributed by atoms with Crippen molar-refractivity contribution in [3.8, 4) is 0 Å². The van der Waals surface area contributed by atoms with Gasteiger partial charge in [0.2, 0.25) is 0 Å². The molecule has 1 rings (SSSR count). The van der Waals surface area contributed by atoms with Gasteiger partial charge in [-0.3, -0.25) is 14.5 Å². The average Bonchev–Trinajstić information content (AvgIpc) is 3.06. The molecule has 1 aliphatic heterocycles. The number of hydrogen-bond acceptors (Lipinski definition) is 6. The lowest BCUT2D eigenvalue weighted by molar-refractivity contribution is -0.258. The lowest BCUT2D eigenvalue weighted by Crippen LogP contribution is -2.33. The highest BCUT2D eigenvalue weighted by Gasteiger charge is 2.26. The molecule has 0 radical (unpaired) electrons. The third-order valence-corrected chi connectivity index (χ3v) is 2.55. The number of nitrogens with one attached hydrogen (secondary N) is 1. The second-order valence-electron chi connectivity index (χ2n) is 4.28. The molecule has 0 amide bonds. The Balaban J connectivity index is 2.24. The number of alkyl halides is 1. The van der Waals surface area contributed by atoms with E-state index in [-0.39, 0.29) is 11.9 Å². The molecule has 0 aromatic rings. The Hall–Kier alpha value is 0.490. The van der Waals surface area contributed by atoms with Crippen molar-refractivity contribution in [2.75, 3.05) is 17.6 Å². The quantitative estimate of drug-likeness (QED) is 0.162. The second kappa shape index (κ2) is 7.04. The number of rotatable bonds is 9. The van der Waals surface area contributed by atoms with Crippen molar-refractivity contribution < 1.29 is 14.5 Å². The second-order valence-corrected chi connectivity index (χ2v) is 5.04. The van der Waals surface area contributed by atoms with E-state index in [0.29, 0.717) is 4.55 Å². The Bertz CT molecular complexity index is 202. The fourth-order valence-electron chi connectivity index (χ4n) is 1.09. The van der Waals surface area contributed by atoms with Crippen LogP contribution in [0.4, 0.5) is 0 Å². The van der Waals surface area contributed by atoms with Gasteiger partial charge >= 0.3 is 0 Å². The molecule has 1 saturated heterocycles. The molecular formula is C9H20IN3O3. The van der Waals surface area contributed by atoms with Crippen molar-refractivity contribution in [3.63, 3.8) is 0 Å². The van der Waals surface area contributed by atoms with Crippen LogP contribution in [0.2, 0.25) is 0 Å². The molecule has 96 valence electrons. The first kappa shape index (κ1) is 14.6. The van der Waals surface area contributed by atoms with Gasteiger partial charge in [0.15, 0.2) is 6.29 Å². The van der Waals surface area contributed by atoms with E-state index in [9.17, 15) is 0 Å². The summed E-state index contributed by atoms with van der Waals surface area (Å²) < 4.78 is 0.717. The molecule has 0 aliphatic carbocycles. The zero-order valence-electron chi connectivity index (χ0n) is 9.74. The molecule has 1 fully saturated rings. The maximum atomic E-state index is 5.55. The van der Waals surface area contributed by atoms with Crippen LogP contribution in [0, 0.1) is 0 Å². The van der Waals surface area contributed by atoms with Crippen LogP contribution in [-0.4, -0.2) is 34.6 Å². The Kier molecular flexibility index (Phi) is 6.40. The van der Waals surface area contributed by atoms with Gasteiger partial charge in [-0.1, -0.05) is 22.6 Å². The van der Waals surface area contributed by atoms with Crippen LogP contribution in [0.25, 0.3) is 0 Å². The van der Waals surface area contributed by atoms with Gasteiger partial charge in [0.25, 0.3) is 0 Å². The standard InChI is InChI=1S/C9H20IN3O3/c1-9(2,16-11)4-3-8(14-12-7-10)15-13-5-6-13/h8,12H,3-7,11H2,1-2H3. The predicted molar refractivity (Wildman–Crippen MR) is 68.1 cm³/mol. The minimum Gasteiger partial charge on any atom is -0.299 e. The normalized spacial score (nSPS) is 18.8. The Morgan fingerprint density at radius 2 is 2.19 bits per heavy atom. The largest absolute Gasteiger partial charge is 0.299 e. The third kappa shape index (κ3) is 6.28. The van der Waals surface area contributed by atoms with Crippen molar-refractivity contribution in [2.45, 2.75) is 38.6 Å². The van der Waals surface area contributed by atoms with E-state index < -0.39 is 0 Å². The summed E-state index contributed by atoms with van der Waals surface area (Å²) in [5.74, 6) is 5.20. The van der Waals surface area contributed by atoms with Gasteiger partial charge in [-0.15, -0.1) is 0 Å². The van der Waals surface area contributed by atoms with Crippen LogP contribution < -0.4 is 11.4 Å². The Morgan fingerprint density at radius 3 is 2.69 bits per heavy atom. The van der Waals surface area contributed by atoms with Gasteiger partial charge in [-0.2, -0.15) is 10.5 Å². The van der Waals surface area contributed by atoms with Crippen molar-refractivity contribution >= 4 is 22.6 Å². The van der Waals surface area contributed by atoms with Crippen LogP contribution >= 0.6 is 22.6 Å². The maximum Gasteiger partial charge on any atom is 0.197 e. The molecule has 1 unspecified atom stereocenters. The van der Waals surface area contributed by atoms with Crippen LogP contribution in [0.3, 0.4) is 0 Å². The van der Waals surface area contributed by atoms with E-state index in [1.54, 1.807) is 0 Å². The van der Waals surface area contributed by atoms with Crippen molar-refractivity contribution in [3.05, 3.63) is 0 Å². The van der Waals surface area contributed by atoms with Crippen LogP contribution in [0.1, 0.15) is 26.7 Å². The van der Waals surface area contributed by atoms with Gasteiger partial charge < -0.3 is 0 Å². The lowest BCUT2D eigenvalue weighted by atomic mass is 10.0. The van der Waals surface area contributed by atoms with Crippen LogP contribution in [-0.2, 0) is 14.5 Å². The smallest absolute Gasteiger partial charge is 0.197 e. The summed E-state index contributed by atoms with van der Waals surface area (Å²) in [5.41, 5.74) is 2.45. The molecule has 6 nitrogen and oxygen atoms in total. The summed E-state index contributed by atoms with van der Waals surface area (Å²) in [7, 11) is 0. The van der Waals surface area contributed by atoms with E-state index in [0.717, 1.165) is 25.9 Å². The van der Waals surface area contributed by atoms with Crippen LogP contribution in [0.15, 0.2) is 0 Å². The number of nitrogens with zero attached hydrogens (tertiary/aromatic N) is 1. The fraction of sp³-hybridized carbons (Fsp3) is 1.00. The molecule has 16 heavy (non-hydrogen) atoms. The summed E-state index contributed by atoms with van der Waals surface area (Å²) in [6.45, 7) is 5.82. The highest BCUT2D eigenvalue weighted by molar-refractivity contribution is 14.1. The fourth-order valence-corrected chi connectivity index (χ4v) is 1.27. The maximum absolute atomic E-state index is 5.55. The minimum absolute atomic E-state index is 0.285. The van der Waals surface area contributed by atoms with E-state index in [1.807, 2.05) is 18.9 Å².